The fourth-order valence-corrected chi connectivity index (χ4v) is 7.07. The standard InChI is InChI=1S/C29H36N4O5S2/c1-36-24-7-6-22(25(37-2)26(24)38-3)28(34)32-12-8-20(9-13-32)27-30-23(19-40-27)29(35)33-16-14-31(15-17-33)11-10-21-5-4-18-39-21/h4-7,18-20H,8-17H2,1-3H3. The van der Waals surface area contributed by atoms with Gasteiger partial charge in [-0.3, -0.25) is 14.5 Å². The first kappa shape index (κ1) is 28.4. The van der Waals surface area contributed by atoms with Gasteiger partial charge < -0.3 is 24.0 Å². The van der Waals surface area contributed by atoms with Crippen LogP contribution in [0.2, 0.25) is 0 Å². The molecule has 0 saturated carbocycles. The van der Waals surface area contributed by atoms with Crippen molar-refractivity contribution in [3.63, 3.8) is 0 Å². The Labute approximate surface area is 243 Å². The molecule has 214 valence electrons. The number of carbonyl (C=O) groups is 2. The molecule has 5 rings (SSSR count). The molecule has 4 heterocycles. The van der Waals surface area contributed by atoms with Crippen molar-refractivity contribution < 1.29 is 23.8 Å². The highest BCUT2D eigenvalue weighted by Crippen LogP contribution is 2.41. The molecule has 3 aromatic rings. The van der Waals surface area contributed by atoms with Crippen LogP contribution in [-0.4, -0.2) is 98.6 Å². The van der Waals surface area contributed by atoms with Crippen LogP contribution in [0.25, 0.3) is 0 Å². The molecule has 0 bridgehead atoms. The number of piperidine rings is 1. The number of aromatic nitrogens is 1. The molecule has 0 atom stereocenters. The highest BCUT2D eigenvalue weighted by molar-refractivity contribution is 7.10. The van der Waals surface area contributed by atoms with E-state index in [1.54, 1.807) is 41.9 Å². The molecule has 40 heavy (non-hydrogen) atoms. The Morgan fingerprint density at radius 1 is 0.875 bits per heavy atom. The molecule has 2 saturated heterocycles. The minimum Gasteiger partial charge on any atom is -0.493 e. The van der Waals surface area contributed by atoms with E-state index >= 15 is 0 Å². The van der Waals surface area contributed by atoms with E-state index in [-0.39, 0.29) is 17.7 Å². The Balaban J connectivity index is 1.13. The predicted octanol–water partition coefficient (Wildman–Crippen LogP) is 4.25. The fourth-order valence-electron chi connectivity index (χ4n) is 5.40. The first-order chi connectivity index (χ1) is 19.5. The number of hydrogen-bond donors (Lipinski definition) is 0. The number of hydrogen-bond acceptors (Lipinski definition) is 9. The lowest BCUT2D eigenvalue weighted by atomic mass is 9.96. The van der Waals surface area contributed by atoms with Gasteiger partial charge in [-0.25, -0.2) is 4.98 Å². The van der Waals surface area contributed by atoms with Crippen molar-refractivity contribution >= 4 is 34.5 Å². The first-order valence-corrected chi connectivity index (χ1v) is 15.4. The highest BCUT2D eigenvalue weighted by Gasteiger charge is 2.31. The quantitative estimate of drug-likeness (QED) is 0.372. The average molecular weight is 585 g/mol. The van der Waals surface area contributed by atoms with Gasteiger partial charge in [0.2, 0.25) is 5.75 Å². The number of nitrogens with zero attached hydrogens (tertiary/aromatic N) is 4. The summed E-state index contributed by atoms with van der Waals surface area (Å²) in [5.41, 5.74) is 0.993. The van der Waals surface area contributed by atoms with Crippen LogP contribution in [-0.2, 0) is 6.42 Å². The number of thiazole rings is 1. The largest absolute Gasteiger partial charge is 0.493 e. The van der Waals surface area contributed by atoms with E-state index in [1.807, 2.05) is 15.2 Å². The lowest BCUT2D eigenvalue weighted by molar-refractivity contribution is 0.0633. The van der Waals surface area contributed by atoms with Crippen molar-refractivity contribution in [1.82, 2.24) is 19.7 Å². The molecule has 0 radical (unpaired) electrons. The molecule has 0 aliphatic carbocycles. The number of methoxy groups -OCH3 is 3. The number of rotatable bonds is 9. The fraction of sp³-hybridized carbons (Fsp3) is 0.483. The van der Waals surface area contributed by atoms with Crippen LogP contribution in [0.3, 0.4) is 0 Å². The summed E-state index contributed by atoms with van der Waals surface area (Å²) >= 11 is 3.36. The van der Waals surface area contributed by atoms with Crippen molar-refractivity contribution in [2.24, 2.45) is 0 Å². The van der Waals surface area contributed by atoms with Gasteiger partial charge in [-0.1, -0.05) is 6.07 Å². The van der Waals surface area contributed by atoms with Crippen LogP contribution in [0.4, 0.5) is 0 Å². The van der Waals surface area contributed by atoms with E-state index in [4.69, 9.17) is 19.2 Å². The van der Waals surface area contributed by atoms with E-state index in [0.29, 0.717) is 41.6 Å². The predicted molar refractivity (Wildman–Crippen MR) is 156 cm³/mol. The van der Waals surface area contributed by atoms with E-state index in [9.17, 15) is 9.59 Å². The second-order valence-electron chi connectivity index (χ2n) is 9.98. The SMILES string of the molecule is COc1ccc(C(=O)N2CCC(c3nc(C(=O)N4CCN(CCc5cccs5)CC4)cs3)CC2)c(OC)c1OC. The molecule has 0 N–H and O–H groups in total. The Kier molecular flexibility index (Phi) is 9.23. The summed E-state index contributed by atoms with van der Waals surface area (Å²) in [6, 6.07) is 7.72. The summed E-state index contributed by atoms with van der Waals surface area (Å²) in [7, 11) is 4.60. The maximum absolute atomic E-state index is 13.4. The molecule has 2 aromatic heterocycles. The second-order valence-corrected chi connectivity index (χ2v) is 11.9. The summed E-state index contributed by atoms with van der Waals surface area (Å²) in [6.45, 7) is 5.50. The lowest BCUT2D eigenvalue weighted by Crippen LogP contribution is -2.49. The number of piperazine rings is 1. The summed E-state index contributed by atoms with van der Waals surface area (Å²) in [6.07, 6.45) is 2.66. The molecule has 0 spiro atoms. The monoisotopic (exact) mass is 584 g/mol. The van der Waals surface area contributed by atoms with Crippen molar-refractivity contribution in [3.8, 4) is 17.2 Å². The van der Waals surface area contributed by atoms with E-state index < -0.39 is 0 Å². The van der Waals surface area contributed by atoms with Crippen molar-refractivity contribution in [3.05, 3.63) is 56.2 Å². The zero-order chi connectivity index (χ0) is 28.1. The normalized spacial score (nSPS) is 16.7. The van der Waals surface area contributed by atoms with Crippen LogP contribution < -0.4 is 14.2 Å². The van der Waals surface area contributed by atoms with Gasteiger partial charge in [0.25, 0.3) is 11.8 Å². The van der Waals surface area contributed by atoms with E-state index in [1.165, 1.54) is 19.1 Å². The van der Waals surface area contributed by atoms with E-state index in [2.05, 4.69) is 22.4 Å². The summed E-state index contributed by atoms with van der Waals surface area (Å²) < 4.78 is 16.3. The van der Waals surface area contributed by atoms with Crippen molar-refractivity contribution in [1.29, 1.82) is 0 Å². The smallest absolute Gasteiger partial charge is 0.273 e. The molecule has 2 aliphatic heterocycles. The molecule has 11 heteroatoms. The van der Waals surface area contributed by atoms with E-state index in [0.717, 1.165) is 57.0 Å². The molecular weight excluding hydrogens is 548 g/mol. The van der Waals surface area contributed by atoms with Gasteiger partial charge in [0.05, 0.1) is 31.9 Å². The Morgan fingerprint density at radius 2 is 1.60 bits per heavy atom. The molecular formula is C29H36N4O5S2. The third-order valence-corrected chi connectivity index (χ3v) is 9.66. The first-order valence-electron chi connectivity index (χ1n) is 13.6. The van der Waals surface area contributed by atoms with Crippen LogP contribution in [0.15, 0.2) is 35.0 Å². The number of carbonyl (C=O) groups excluding carboxylic acids is 2. The number of thiophene rings is 1. The highest BCUT2D eigenvalue weighted by atomic mass is 32.1. The number of ether oxygens (including phenoxy) is 3. The number of likely N-dealkylation sites (tertiary alicyclic amines) is 1. The lowest BCUT2D eigenvalue weighted by Gasteiger charge is -2.34. The van der Waals surface area contributed by atoms with Gasteiger partial charge in [-0.15, -0.1) is 22.7 Å². The van der Waals surface area contributed by atoms with Gasteiger partial charge in [0.1, 0.15) is 5.69 Å². The van der Waals surface area contributed by atoms with Crippen LogP contribution in [0, 0.1) is 0 Å². The van der Waals surface area contributed by atoms with Crippen molar-refractivity contribution in [2.75, 3.05) is 67.1 Å². The molecule has 0 unspecified atom stereocenters. The van der Waals surface area contributed by atoms with Gasteiger partial charge in [-0.2, -0.15) is 0 Å². The zero-order valence-electron chi connectivity index (χ0n) is 23.3. The van der Waals surface area contributed by atoms with Gasteiger partial charge in [0.15, 0.2) is 11.5 Å². The zero-order valence-corrected chi connectivity index (χ0v) is 24.9. The maximum Gasteiger partial charge on any atom is 0.273 e. The summed E-state index contributed by atoms with van der Waals surface area (Å²) in [4.78, 5) is 38.9. The van der Waals surface area contributed by atoms with Crippen LogP contribution >= 0.6 is 22.7 Å². The summed E-state index contributed by atoms with van der Waals surface area (Å²) in [5, 5.41) is 5.00. The van der Waals surface area contributed by atoms with Crippen LogP contribution in [0.1, 0.15) is 49.5 Å². The Hall–Kier alpha value is -3.15. The molecule has 2 aliphatic rings. The minimum absolute atomic E-state index is 0.0218. The third kappa shape index (κ3) is 6.11. The molecule has 2 amide bonds. The molecule has 9 nitrogen and oxygen atoms in total. The third-order valence-electron chi connectivity index (χ3n) is 7.72. The van der Waals surface area contributed by atoms with Crippen LogP contribution in [0.5, 0.6) is 17.2 Å². The van der Waals surface area contributed by atoms with Gasteiger partial charge in [0, 0.05) is 62.0 Å². The maximum atomic E-state index is 13.4. The average Bonchev–Trinajstić information content (AvgIpc) is 3.72. The number of benzene rings is 1. The van der Waals surface area contributed by atoms with Gasteiger partial charge >= 0.3 is 0 Å². The summed E-state index contributed by atoms with van der Waals surface area (Å²) in [5.74, 6) is 1.46. The molecule has 2 fully saturated rings. The minimum atomic E-state index is -0.0965. The Bertz CT molecular complexity index is 1300. The topological polar surface area (TPSA) is 84.4 Å². The Morgan fingerprint density at radius 3 is 2.25 bits per heavy atom. The molecule has 1 aromatic carbocycles. The number of amides is 2. The van der Waals surface area contributed by atoms with Gasteiger partial charge in [-0.05, 0) is 42.8 Å². The second kappa shape index (κ2) is 13.0. The van der Waals surface area contributed by atoms with Crippen molar-refractivity contribution in [2.45, 2.75) is 25.2 Å².